The van der Waals surface area contributed by atoms with Gasteiger partial charge in [0.25, 0.3) is 0 Å². The maximum Gasteiger partial charge on any atom is 0.214 e. The Kier molecular flexibility index (Phi) is 4.98. The number of aliphatic hydroxyl groups excluding tert-OH is 1. The van der Waals surface area contributed by atoms with Crippen molar-refractivity contribution in [3.63, 3.8) is 0 Å². The summed E-state index contributed by atoms with van der Waals surface area (Å²) in [5.41, 5.74) is 0.0254. The van der Waals surface area contributed by atoms with Crippen LogP contribution in [0.1, 0.15) is 46.5 Å². The zero-order valence-corrected chi connectivity index (χ0v) is 12.0. The Morgan fingerprint density at radius 1 is 1.29 bits per heavy atom. The van der Waals surface area contributed by atoms with Crippen LogP contribution in [0.2, 0.25) is 0 Å². The Hall–Kier alpha value is -0.130. The minimum Gasteiger partial charge on any atom is -0.395 e. The van der Waals surface area contributed by atoms with Gasteiger partial charge in [-0.15, -0.1) is 0 Å². The molecule has 1 unspecified atom stereocenters. The van der Waals surface area contributed by atoms with Crippen LogP contribution in [0.15, 0.2) is 0 Å². The number of sulfonamides is 1. The monoisotopic (exact) mass is 263 g/mol. The van der Waals surface area contributed by atoms with Gasteiger partial charge >= 0.3 is 0 Å². The lowest BCUT2D eigenvalue weighted by molar-refractivity contribution is 0.155. The molecule has 0 aromatic carbocycles. The zero-order chi connectivity index (χ0) is 13.1. The third kappa shape index (κ3) is 4.56. The lowest BCUT2D eigenvalue weighted by Gasteiger charge is -2.34. The summed E-state index contributed by atoms with van der Waals surface area (Å²) in [5, 5.41) is 9.25. The van der Waals surface area contributed by atoms with Crippen molar-refractivity contribution in [2.24, 2.45) is 5.41 Å². The standard InChI is InChI=1S/C12H25NO3S/c1-12(2,3)7-9-17(15,16)13-8-5-4-6-11(13)10-14/h11,14H,4-10H2,1-3H3. The number of nitrogens with zero attached hydrogens (tertiary/aromatic N) is 1. The van der Waals surface area contributed by atoms with Crippen LogP contribution in [0.25, 0.3) is 0 Å². The fourth-order valence-electron chi connectivity index (χ4n) is 2.08. The van der Waals surface area contributed by atoms with Crippen LogP contribution in [0.3, 0.4) is 0 Å². The maximum atomic E-state index is 12.2. The second-order valence-corrected chi connectivity index (χ2v) is 8.11. The van der Waals surface area contributed by atoms with E-state index in [0.717, 1.165) is 19.3 Å². The summed E-state index contributed by atoms with van der Waals surface area (Å²) in [4.78, 5) is 0. The number of piperidine rings is 1. The van der Waals surface area contributed by atoms with E-state index < -0.39 is 10.0 Å². The van der Waals surface area contributed by atoms with Crippen molar-refractivity contribution in [1.82, 2.24) is 4.31 Å². The molecule has 4 nitrogen and oxygen atoms in total. The van der Waals surface area contributed by atoms with Crippen molar-refractivity contribution in [1.29, 1.82) is 0 Å². The number of hydrogen-bond acceptors (Lipinski definition) is 3. The second kappa shape index (κ2) is 5.67. The fraction of sp³-hybridized carbons (Fsp3) is 1.00. The molecule has 1 aliphatic rings. The highest BCUT2D eigenvalue weighted by molar-refractivity contribution is 7.89. The van der Waals surface area contributed by atoms with Gasteiger partial charge in [-0.1, -0.05) is 27.2 Å². The average Bonchev–Trinajstić information content (AvgIpc) is 2.26. The molecule has 0 saturated carbocycles. The fourth-order valence-corrected chi connectivity index (χ4v) is 4.21. The third-order valence-electron chi connectivity index (χ3n) is 3.25. The van der Waals surface area contributed by atoms with Crippen LogP contribution in [-0.4, -0.2) is 42.8 Å². The van der Waals surface area contributed by atoms with Crippen LogP contribution in [-0.2, 0) is 10.0 Å². The van der Waals surface area contributed by atoms with E-state index in [0.29, 0.717) is 13.0 Å². The van der Waals surface area contributed by atoms with Gasteiger partial charge in [-0.3, -0.25) is 0 Å². The first-order valence-electron chi connectivity index (χ1n) is 6.37. The van der Waals surface area contributed by atoms with Gasteiger partial charge in [0.2, 0.25) is 10.0 Å². The summed E-state index contributed by atoms with van der Waals surface area (Å²) in [6.07, 6.45) is 3.36. The highest BCUT2D eigenvalue weighted by Gasteiger charge is 2.32. The molecule has 1 fully saturated rings. The van der Waals surface area contributed by atoms with E-state index in [1.165, 1.54) is 4.31 Å². The molecule has 0 bridgehead atoms. The molecule has 5 heteroatoms. The first-order chi connectivity index (χ1) is 7.76. The Bertz CT molecular complexity index is 332. The van der Waals surface area contributed by atoms with Crippen LogP contribution in [0.5, 0.6) is 0 Å². The molecule has 0 amide bonds. The van der Waals surface area contributed by atoms with E-state index in [2.05, 4.69) is 0 Å². The molecule has 17 heavy (non-hydrogen) atoms. The van der Waals surface area contributed by atoms with Gasteiger partial charge in [-0.05, 0) is 24.7 Å². The van der Waals surface area contributed by atoms with E-state index in [1.807, 2.05) is 20.8 Å². The molecular formula is C12H25NO3S. The van der Waals surface area contributed by atoms with Gasteiger partial charge in [-0.25, -0.2) is 8.42 Å². The molecule has 1 heterocycles. The van der Waals surface area contributed by atoms with E-state index in [1.54, 1.807) is 0 Å². The van der Waals surface area contributed by atoms with E-state index in [-0.39, 0.29) is 23.8 Å². The van der Waals surface area contributed by atoms with Gasteiger partial charge in [0.15, 0.2) is 0 Å². The molecular weight excluding hydrogens is 238 g/mol. The first kappa shape index (κ1) is 14.9. The van der Waals surface area contributed by atoms with E-state index in [4.69, 9.17) is 0 Å². The summed E-state index contributed by atoms with van der Waals surface area (Å²) >= 11 is 0. The minimum atomic E-state index is -3.20. The zero-order valence-electron chi connectivity index (χ0n) is 11.1. The summed E-state index contributed by atoms with van der Waals surface area (Å²) in [6, 6.07) is -0.200. The summed E-state index contributed by atoms with van der Waals surface area (Å²) in [5.74, 6) is 0.188. The van der Waals surface area contributed by atoms with Crippen LogP contribution in [0.4, 0.5) is 0 Å². The molecule has 0 aliphatic carbocycles. The van der Waals surface area contributed by atoms with Crippen LogP contribution in [0, 0.1) is 5.41 Å². The van der Waals surface area contributed by atoms with Crippen LogP contribution >= 0.6 is 0 Å². The number of hydrogen-bond donors (Lipinski definition) is 1. The van der Waals surface area contributed by atoms with Gasteiger partial charge < -0.3 is 5.11 Å². The predicted octanol–water partition coefficient (Wildman–Crippen LogP) is 1.60. The summed E-state index contributed by atoms with van der Waals surface area (Å²) in [6.45, 7) is 6.64. The maximum absolute atomic E-state index is 12.2. The number of aliphatic hydroxyl groups is 1. The minimum absolute atomic E-state index is 0.0254. The summed E-state index contributed by atoms with van der Waals surface area (Å²) < 4.78 is 25.9. The molecule has 1 saturated heterocycles. The normalized spacial score (nSPS) is 23.9. The average molecular weight is 263 g/mol. The Morgan fingerprint density at radius 3 is 2.47 bits per heavy atom. The van der Waals surface area contributed by atoms with Gasteiger partial charge in [-0.2, -0.15) is 4.31 Å². The van der Waals surface area contributed by atoms with E-state index >= 15 is 0 Å². The SMILES string of the molecule is CC(C)(C)CCS(=O)(=O)N1CCCCC1CO. The highest BCUT2D eigenvalue weighted by Crippen LogP contribution is 2.24. The predicted molar refractivity (Wildman–Crippen MR) is 69.3 cm³/mol. The molecule has 0 spiro atoms. The Labute approximate surface area is 105 Å². The second-order valence-electron chi connectivity index (χ2n) is 6.07. The van der Waals surface area contributed by atoms with Crippen molar-refractivity contribution < 1.29 is 13.5 Å². The van der Waals surface area contributed by atoms with Crippen LogP contribution < -0.4 is 0 Å². The molecule has 0 aromatic heterocycles. The van der Waals surface area contributed by atoms with Gasteiger partial charge in [0.05, 0.1) is 12.4 Å². The van der Waals surface area contributed by atoms with Gasteiger partial charge in [0.1, 0.15) is 0 Å². The van der Waals surface area contributed by atoms with E-state index in [9.17, 15) is 13.5 Å². The van der Waals surface area contributed by atoms with Gasteiger partial charge in [0, 0.05) is 12.6 Å². The number of rotatable bonds is 4. The van der Waals surface area contributed by atoms with Crippen molar-refractivity contribution in [3.8, 4) is 0 Å². The topological polar surface area (TPSA) is 57.6 Å². The Morgan fingerprint density at radius 2 is 1.94 bits per heavy atom. The third-order valence-corrected chi connectivity index (χ3v) is 5.17. The lowest BCUT2D eigenvalue weighted by atomic mass is 9.94. The molecule has 1 N–H and O–H groups in total. The Balaban J connectivity index is 2.68. The quantitative estimate of drug-likeness (QED) is 0.838. The molecule has 1 rings (SSSR count). The molecule has 0 radical (unpaired) electrons. The van der Waals surface area contributed by atoms with Crippen molar-refractivity contribution in [2.45, 2.75) is 52.5 Å². The van der Waals surface area contributed by atoms with Crippen molar-refractivity contribution >= 4 is 10.0 Å². The molecule has 1 aliphatic heterocycles. The molecule has 102 valence electrons. The largest absolute Gasteiger partial charge is 0.395 e. The highest BCUT2D eigenvalue weighted by atomic mass is 32.2. The smallest absolute Gasteiger partial charge is 0.214 e. The molecule has 1 atom stereocenters. The summed E-state index contributed by atoms with van der Waals surface area (Å²) in [7, 11) is -3.20. The molecule has 0 aromatic rings. The van der Waals surface area contributed by atoms with Crippen molar-refractivity contribution in [3.05, 3.63) is 0 Å². The lowest BCUT2D eigenvalue weighted by Crippen LogP contribution is -2.46. The first-order valence-corrected chi connectivity index (χ1v) is 7.97. The van der Waals surface area contributed by atoms with Crippen molar-refractivity contribution in [2.75, 3.05) is 18.9 Å².